The summed E-state index contributed by atoms with van der Waals surface area (Å²) in [5.41, 5.74) is 2.63. The molecular formula is C12H17N5O. The van der Waals surface area contributed by atoms with E-state index in [4.69, 9.17) is 0 Å². The molecule has 2 aromatic heterocycles. The van der Waals surface area contributed by atoms with E-state index in [1.54, 1.807) is 35.0 Å². The molecule has 0 spiro atoms. The number of rotatable bonds is 3. The van der Waals surface area contributed by atoms with Crippen molar-refractivity contribution < 1.29 is 4.79 Å². The van der Waals surface area contributed by atoms with Gasteiger partial charge in [-0.05, 0) is 13.8 Å². The Hall–Kier alpha value is -2.11. The van der Waals surface area contributed by atoms with Gasteiger partial charge in [0, 0.05) is 31.5 Å². The highest BCUT2D eigenvalue weighted by atomic mass is 16.1. The lowest BCUT2D eigenvalue weighted by Gasteiger charge is -2.12. The van der Waals surface area contributed by atoms with Crippen LogP contribution in [-0.2, 0) is 14.1 Å². The van der Waals surface area contributed by atoms with E-state index in [0.717, 1.165) is 11.3 Å². The maximum atomic E-state index is 12.0. The molecule has 0 radical (unpaired) electrons. The number of nitrogens with one attached hydrogen (secondary N) is 1. The average molecular weight is 247 g/mol. The summed E-state index contributed by atoms with van der Waals surface area (Å²) in [5.74, 6) is -0.126. The fourth-order valence-electron chi connectivity index (χ4n) is 1.84. The summed E-state index contributed by atoms with van der Waals surface area (Å²) in [6.45, 7) is 3.92. The van der Waals surface area contributed by atoms with Gasteiger partial charge in [0.2, 0.25) is 0 Å². The molecule has 1 unspecified atom stereocenters. The summed E-state index contributed by atoms with van der Waals surface area (Å²) < 4.78 is 3.40. The average Bonchev–Trinajstić information content (AvgIpc) is 2.87. The van der Waals surface area contributed by atoms with Gasteiger partial charge < -0.3 is 5.32 Å². The SMILES string of the molecule is Cc1c(C(C)NC(=O)c2cnn(C)c2)cnn1C. The first-order valence-electron chi connectivity index (χ1n) is 5.77. The highest BCUT2D eigenvalue weighted by Gasteiger charge is 2.16. The molecule has 0 saturated heterocycles. The van der Waals surface area contributed by atoms with Gasteiger partial charge in [-0.3, -0.25) is 14.2 Å². The van der Waals surface area contributed by atoms with E-state index in [9.17, 15) is 4.79 Å². The second kappa shape index (κ2) is 4.64. The number of hydrogen-bond donors (Lipinski definition) is 1. The second-order valence-electron chi connectivity index (χ2n) is 4.41. The molecule has 2 rings (SSSR count). The molecule has 0 aliphatic carbocycles. The minimum Gasteiger partial charge on any atom is -0.345 e. The molecule has 0 aliphatic heterocycles. The normalized spacial score (nSPS) is 12.4. The summed E-state index contributed by atoms with van der Waals surface area (Å²) in [6.07, 6.45) is 5.03. The van der Waals surface area contributed by atoms with Crippen LogP contribution in [0.25, 0.3) is 0 Å². The molecule has 6 nitrogen and oxygen atoms in total. The molecule has 6 heteroatoms. The standard InChI is InChI=1S/C12H17N5O/c1-8(11-6-14-17(4)9(11)2)15-12(18)10-5-13-16(3)7-10/h5-8H,1-4H3,(H,15,18). The van der Waals surface area contributed by atoms with Crippen LogP contribution in [0.2, 0.25) is 0 Å². The Labute approximate surface area is 106 Å². The van der Waals surface area contributed by atoms with Crippen LogP contribution in [0, 0.1) is 6.92 Å². The van der Waals surface area contributed by atoms with Crippen molar-refractivity contribution in [2.75, 3.05) is 0 Å². The monoisotopic (exact) mass is 247 g/mol. The van der Waals surface area contributed by atoms with E-state index < -0.39 is 0 Å². The predicted molar refractivity (Wildman–Crippen MR) is 67.0 cm³/mol. The number of hydrogen-bond acceptors (Lipinski definition) is 3. The molecule has 1 amide bonds. The van der Waals surface area contributed by atoms with Crippen LogP contribution in [-0.4, -0.2) is 25.5 Å². The van der Waals surface area contributed by atoms with Gasteiger partial charge in [0.1, 0.15) is 0 Å². The first kappa shape index (κ1) is 12.3. The van der Waals surface area contributed by atoms with Crippen molar-refractivity contribution in [1.82, 2.24) is 24.9 Å². The van der Waals surface area contributed by atoms with E-state index in [1.807, 2.05) is 20.9 Å². The van der Waals surface area contributed by atoms with Crippen molar-refractivity contribution in [3.8, 4) is 0 Å². The summed E-state index contributed by atoms with van der Waals surface area (Å²) in [6, 6.07) is -0.0774. The van der Waals surface area contributed by atoms with E-state index >= 15 is 0 Å². The van der Waals surface area contributed by atoms with Crippen LogP contribution < -0.4 is 5.32 Å². The Morgan fingerprint density at radius 1 is 1.33 bits per heavy atom. The molecule has 96 valence electrons. The molecular weight excluding hydrogens is 230 g/mol. The fourth-order valence-corrected chi connectivity index (χ4v) is 1.84. The van der Waals surface area contributed by atoms with Gasteiger partial charge in [0.25, 0.3) is 5.91 Å². The zero-order valence-electron chi connectivity index (χ0n) is 11.0. The van der Waals surface area contributed by atoms with Crippen LogP contribution in [0.1, 0.15) is 34.6 Å². The maximum absolute atomic E-state index is 12.0. The Bertz CT molecular complexity index is 569. The molecule has 1 N–H and O–H groups in total. The van der Waals surface area contributed by atoms with E-state index in [2.05, 4.69) is 15.5 Å². The van der Waals surface area contributed by atoms with Crippen molar-refractivity contribution in [3.05, 3.63) is 35.4 Å². The van der Waals surface area contributed by atoms with Crippen LogP contribution >= 0.6 is 0 Å². The van der Waals surface area contributed by atoms with Gasteiger partial charge in [0.15, 0.2) is 0 Å². The largest absolute Gasteiger partial charge is 0.345 e. The Morgan fingerprint density at radius 3 is 2.56 bits per heavy atom. The minimum atomic E-state index is -0.126. The Kier molecular flexibility index (Phi) is 3.18. The van der Waals surface area contributed by atoms with Gasteiger partial charge in [-0.1, -0.05) is 0 Å². The lowest BCUT2D eigenvalue weighted by atomic mass is 10.1. The lowest BCUT2D eigenvalue weighted by molar-refractivity contribution is 0.0939. The lowest BCUT2D eigenvalue weighted by Crippen LogP contribution is -2.26. The summed E-state index contributed by atoms with van der Waals surface area (Å²) in [4.78, 5) is 12.0. The van der Waals surface area contributed by atoms with Crippen molar-refractivity contribution >= 4 is 5.91 Å². The molecule has 0 bridgehead atoms. The third-order valence-corrected chi connectivity index (χ3v) is 3.05. The fraction of sp³-hybridized carbons (Fsp3) is 0.417. The molecule has 0 aromatic carbocycles. The zero-order chi connectivity index (χ0) is 13.3. The second-order valence-corrected chi connectivity index (χ2v) is 4.41. The number of nitrogens with zero attached hydrogens (tertiary/aromatic N) is 4. The van der Waals surface area contributed by atoms with Crippen LogP contribution in [0.4, 0.5) is 0 Å². The number of amides is 1. The Morgan fingerprint density at radius 2 is 2.06 bits per heavy atom. The number of carbonyl (C=O) groups is 1. The molecule has 18 heavy (non-hydrogen) atoms. The van der Waals surface area contributed by atoms with Crippen molar-refractivity contribution in [3.63, 3.8) is 0 Å². The highest BCUT2D eigenvalue weighted by Crippen LogP contribution is 2.16. The topological polar surface area (TPSA) is 64.7 Å². The first-order valence-corrected chi connectivity index (χ1v) is 5.77. The van der Waals surface area contributed by atoms with Gasteiger partial charge >= 0.3 is 0 Å². The Balaban J connectivity index is 2.10. The smallest absolute Gasteiger partial charge is 0.254 e. The number of aryl methyl sites for hydroxylation is 2. The quantitative estimate of drug-likeness (QED) is 0.878. The van der Waals surface area contributed by atoms with Crippen molar-refractivity contribution in [1.29, 1.82) is 0 Å². The molecule has 0 fully saturated rings. The third-order valence-electron chi connectivity index (χ3n) is 3.05. The van der Waals surface area contributed by atoms with E-state index in [-0.39, 0.29) is 11.9 Å². The minimum absolute atomic E-state index is 0.0774. The van der Waals surface area contributed by atoms with Crippen LogP contribution in [0.15, 0.2) is 18.6 Å². The molecule has 0 saturated carbocycles. The highest BCUT2D eigenvalue weighted by molar-refractivity contribution is 5.93. The predicted octanol–water partition coefficient (Wildman–Crippen LogP) is 0.953. The van der Waals surface area contributed by atoms with Crippen LogP contribution in [0.3, 0.4) is 0 Å². The third kappa shape index (κ3) is 2.27. The van der Waals surface area contributed by atoms with E-state index in [0.29, 0.717) is 5.56 Å². The van der Waals surface area contributed by atoms with Crippen molar-refractivity contribution in [2.45, 2.75) is 19.9 Å². The molecule has 1 atom stereocenters. The van der Waals surface area contributed by atoms with Crippen molar-refractivity contribution in [2.24, 2.45) is 14.1 Å². The zero-order valence-corrected chi connectivity index (χ0v) is 11.0. The van der Waals surface area contributed by atoms with Gasteiger partial charge in [-0.25, -0.2) is 0 Å². The van der Waals surface area contributed by atoms with Gasteiger partial charge in [-0.2, -0.15) is 10.2 Å². The van der Waals surface area contributed by atoms with Crippen LogP contribution in [0.5, 0.6) is 0 Å². The molecule has 0 aliphatic rings. The number of aromatic nitrogens is 4. The first-order chi connectivity index (χ1) is 8.49. The van der Waals surface area contributed by atoms with Gasteiger partial charge in [-0.15, -0.1) is 0 Å². The molecule has 2 heterocycles. The summed E-state index contributed by atoms with van der Waals surface area (Å²) >= 11 is 0. The summed E-state index contributed by atoms with van der Waals surface area (Å²) in [7, 11) is 3.67. The van der Waals surface area contributed by atoms with E-state index in [1.165, 1.54) is 0 Å². The molecule has 2 aromatic rings. The maximum Gasteiger partial charge on any atom is 0.254 e. The van der Waals surface area contributed by atoms with Gasteiger partial charge in [0.05, 0.1) is 24.0 Å². The summed E-state index contributed by atoms with van der Waals surface area (Å²) in [5, 5.41) is 11.1. The number of carbonyl (C=O) groups excluding carboxylic acids is 1.